The minimum absolute atomic E-state index is 0.218. The van der Waals surface area contributed by atoms with Crippen molar-refractivity contribution < 1.29 is 13.6 Å². The Bertz CT molecular complexity index is 408. The number of rotatable bonds is 2. The van der Waals surface area contributed by atoms with Gasteiger partial charge >= 0.3 is 0 Å². The summed E-state index contributed by atoms with van der Waals surface area (Å²) in [6.45, 7) is 0. The second-order valence-corrected chi connectivity index (χ2v) is 4.38. The normalized spacial score (nSPS) is 20.2. The molecule has 0 aliphatic heterocycles. The van der Waals surface area contributed by atoms with E-state index in [-0.39, 0.29) is 37.5 Å². The van der Waals surface area contributed by atoms with Crippen LogP contribution in [0, 0.1) is 5.92 Å². The summed E-state index contributed by atoms with van der Waals surface area (Å²) in [5.41, 5.74) is 0. The van der Waals surface area contributed by atoms with E-state index in [4.69, 9.17) is 0 Å². The summed E-state index contributed by atoms with van der Waals surface area (Å²) in [6, 6.07) is 0. The van der Waals surface area contributed by atoms with E-state index in [1.165, 1.54) is 6.33 Å². The fourth-order valence-corrected chi connectivity index (χ4v) is 1.91. The summed E-state index contributed by atoms with van der Waals surface area (Å²) in [5, 5.41) is 9.93. The van der Waals surface area contributed by atoms with Gasteiger partial charge < -0.3 is 4.57 Å². The fraction of sp³-hybridized carbons (Fsp3) is 0.700. The van der Waals surface area contributed by atoms with E-state index in [1.807, 2.05) is 0 Å². The van der Waals surface area contributed by atoms with Crippen LogP contribution in [0.3, 0.4) is 0 Å². The van der Waals surface area contributed by atoms with E-state index >= 15 is 0 Å². The molecule has 0 unspecified atom stereocenters. The number of aromatic nitrogens is 3. The van der Waals surface area contributed by atoms with Crippen molar-refractivity contribution in [3.8, 4) is 0 Å². The Morgan fingerprint density at radius 1 is 1.53 bits per heavy atom. The molecule has 1 fully saturated rings. The molecule has 1 heterocycles. The molecule has 94 valence electrons. The molecule has 0 aromatic carbocycles. The summed E-state index contributed by atoms with van der Waals surface area (Å²) in [7, 11) is 1.70. The molecule has 7 heteroatoms. The van der Waals surface area contributed by atoms with Crippen LogP contribution in [0.5, 0.6) is 0 Å². The average molecular weight is 244 g/mol. The van der Waals surface area contributed by atoms with E-state index in [0.29, 0.717) is 5.95 Å². The first-order chi connectivity index (χ1) is 7.98. The van der Waals surface area contributed by atoms with Crippen molar-refractivity contribution in [2.75, 3.05) is 5.32 Å². The predicted molar refractivity (Wildman–Crippen MR) is 56.5 cm³/mol. The zero-order valence-electron chi connectivity index (χ0n) is 9.49. The Balaban J connectivity index is 1.92. The number of nitrogens with zero attached hydrogens (tertiary/aromatic N) is 3. The molecule has 1 N–H and O–H groups in total. The maximum absolute atomic E-state index is 12.9. The zero-order chi connectivity index (χ0) is 12.5. The molecule has 0 saturated heterocycles. The molecule has 5 nitrogen and oxygen atoms in total. The van der Waals surface area contributed by atoms with Crippen LogP contribution < -0.4 is 5.32 Å². The molecule has 17 heavy (non-hydrogen) atoms. The topological polar surface area (TPSA) is 59.8 Å². The van der Waals surface area contributed by atoms with Crippen LogP contribution in [0.15, 0.2) is 6.33 Å². The number of alkyl halides is 2. The Hall–Kier alpha value is -1.53. The second kappa shape index (κ2) is 4.38. The van der Waals surface area contributed by atoms with Gasteiger partial charge in [-0.1, -0.05) is 0 Å². The summed E-state index contributed by atoms with van der Waals surface area (Å²) < 4.78 is 27.4. The average Bonchev–Trinajstić information content (AvgIpc) is 2.64. The van der Waals surface area contributed by atoms with Gasteiger partial charge in [0.1, 0.15) is 6.33 Å². The molecule has 2 rings (SSSR count). The summed E-state index contributed by atoms with van der Waals surface area (Å²) in [4.78, 5) is 11.8. The lowest BCUT2D eigenvalue weighted by molar-refractivity contribution is -0.124. The van der Waals surface area contributed by atoms with Crippen molar-refractivity contribution in [1.29, 1.82) is 0 Å². The van der Waals surface area contributed by atoms with Crippen molar-refractivity contribution in [3.05, 3.63) is 6.33 Å². The number of amides is 1. The molecule has 0 radical (unpaired) electrons. The third kappa shape index (κ3) is 2.78. The van der Waals surface area contributed by atoms with Gasteiger partial charge in [0.05, 0.1) is 0 Å². The summed E-state index contributed by atoms with van der Waals surface area (Å²) in [6.07, 6.45) is 1.46. The molecule has 1 saturated carbocycles. The highest BCUT2D eigenvalue weighted by Gasteiger charge is 2.37. The standard InChI is InChI=1S/C10H14F2N4O/c1-16-6-13-15-9(16)14-8(17)7-2-4-10(11,12)5-3-7/h6-7H,2-5H2,1H3,(H,14,15,17). The van der Waals surface area contributed by atoms with E-state index in [0.717, 1.165) is 0 Å². The highest BCUT2D eigenvalue weighted by molar-refractivity contribution is 5.91. The van der Waals surface area contributed by atoms with Crippen LogP contribution in [0.4, 0.5) is 14.7 Å². The lowest BCUT2D eigenvalue weighted by Gasteiger charge is -2.27. The number of anilines is 1. The van der Waals surface area contributed by atoms with Crippen molar-refractivity contribution in [3.63, 3.8) is 0 Å². The number of hydrogen-bond acceptors (Lipinski definition) is 3. The predicted octanol–water partition coefficient (Wildman–Crippen LogP) is 1.58. The Morgan fingerprint density at radius 2 is 2.18 bits per heavy atom. The molecule has 1 aliphatic carbocycles. The van der Waals surface area contributed by atoms with E-state index in [1.54, 1.807) is 11.6 Å². The van der Waals surface area contributed by atoms with Crippen LogP contribution in [0.25, 0.3) is 0 Å². The highest BCUT2D eigenvalue weighted by atomic mass is 19.3. The molecule has 1 aliphatic rings. The number of halogens is 2. The van der Waals surface area contributed by atoms with Gasteiger partial charge in [0.15, 0.2) is 0 Å². The van der Waals surface area contributed by atoms with Gasteiger partial charge in [0.2, 0.25) is 17.8 Å². The first-order valence-corrected chi connectivity index (χ1v) is 5.51. The van der Waals surface area contributed by atoms with Crippen LogP contribution in [0.2, 0.25) is 0 Å². The summed E-state index contributed by atoms with van der Waals surface area (Å²) in [5.74, 6) is -2.88. The van der Waals surface area contributed by atoms with Crippen LogP contribution in [0.1, 0.15) is 25.7 Å². The first kappa shape index (κ1) is 11.9. The SMILES string of the molecule is Cn1cnnc1NC(=O)C1CCC(F)(F)CC1. The van der Waals surface area contributed by atoms with Crippen molar-refractivity contribution in [1.82, 2.24) is 14.8 Å². The van der Waals surface area contributed by atoms with Gasteiger partial charge in [-0.3, -0.25) is 10.1 Å². The van der Waals surface area contributed by atoms with Crippen LogP contribution in [-0.2, 0) is 11.8 Å². The lowest BCUT2D eigenvalue weighted by atomic mass is 9.86. The van der Waals surface area contributed by atoms with Gasteiger partial charge in [-0.25, -0.2) is 8.78 Å². The van der Waals surface area contributed by atoms with Crippen molar-refractivity contribution in [2.45, 2.75) is 31.6 Å². The number of aryl methyl sites for hydroxylation is 1. The fourth-order valence-electron chi connectivity index (χ4n) is 1.91. The third-order valence-corrected chi connectivity index (χ3v) is 3.03. The maximum atomic E-state index is 12.9. The molecule has 0 bridgehead atoms. The lowest BCUT2D eigenvalue weighted by Crippen LogP contribution is -2.32. The van der Waals surface area contributed by atoms with E-state index < -0.39 is 5.92 Å². The quantitative estimate of drug-likeness (QED) is 0.859. The molecule has 1 aromatic rings. The Kier molecular flexibility index (Phi) is 3.08. The van der Waals surface area contributed by atoms with Crippen molar-refractivity contribution >= 4 is 11.9 Å². The number of carbonyl (C=O) groups excluding carboxylic acids is 1. The Morgan fingerprint density at radius 3 is 2.71 bits per heavy atom. The Labute approximate surface area is 97.2 Å². The minimum atomic E-state index is -2.61. The molecule has 1 aromatic heterocycles. The van der Waals surface area contributed by atoms with E-state index in [9.17, 15) is 13.6 Å². The smallest absolute Gasteiger partial charge is 0.248 e. The monoisotopic (exact) mass is 244 g/mol. The summed E-state index contributed by atoms with van der Waals surface area (Å²) >= 11 is 0. The highest BCUT2D eigenvalue weighted by Crippen LogP contribution is 2.36. The van der Waals surface area contributed by atoms with Gasteiger partial charge in [-0.2, -0.15) is 0 Å². The molecular formula is C10H14F2N4O. The van der Waals surface area contributed by atoms with Gasteiger partial charge in [0, 0.05) is 25.8 Å². The van der Waals surface area contributed by atoms with Gasteiger partial charge in [-0.15, -0.1) is 10.2 Å². The van der Waals surface area contributed by atoms with Crippen LogP contribution in [-0.4, -0.2) is 26.6 Å². The first-order valence-electron chi connectivity index (χ1n) is 5.51. The minimum Gasteiger partial charge on any atom is -0.303 e. The maximum Gasteiger partial charge on any atom is 0.248 e. The molecular weight excluding hydrogens is 230 g/mol. The largest absolute Gasteiger partial charge is 0.303 e. The van der Waals surface area contributed by atoms with Gasteiger partial charge in [0.25, 0.3) is 0 Å². The van der Waals surface area contributed by atoms with Crippen molar-refractivity contribution in [2.24, 2.45) is 13.0 Å². The molecule has 1 amide bonds. The molecule has 0 spiro atoms. The number of carbonyl (C=O) groups is 1. The van der Waals surface area contributed by atoms with Gasteiger partial charge in [-0.05, 0) is 12.8 Å². The number of nitrogens with one attached hydrogen (secondary N) is 1. The van der Waals surface area contributed by atoms with E-state index in [2.05, 4.69) is 15.5 Å². The number of hydrogen-bond donors (Lipinski definition) is 1. The zero-order valence-corrected chi connectivity index (χ0v) is 9.49. The van der Waals surface area contributed by atoms with Crippen LogP contribution >= 0.6 is 0 Å². The molecule has 0 atom stereocenters. The second-order valence-electron chi connectivity index (χ2n) is 4.38. The third-order valence-electron chi connectivity index (χ3n) is 3.03.